The third kappa shape index (κ3) is 5.19. The van der Waals surface area contributed by atoms with Crippen LogP contribution in [0.1, 0.15) is 65.3 Å². The second-order valence-corrected chi connectivity index (χ2v) is 7.05. The first-order valence-electron chi connectivity index (χ1n) is 10.0. The Kier molecular flexibility index (Phi) is 6.95. The van der Waals surface area contributed by atoms with Crippen LogP contribution < -0.4 is 5.32 Å². The van der Waals surface area contributed by atoms with Gasteiger partial charge in [-0.3, -0.25) is 9.59 Å². The minimum Gasteiger partial charge on any atom is -0.462 e. The monoisotopic (exact) mass is 391 g/mol. The predicted octanol–water partition coefficient (Wildman–Crippen LogP) is 5.03. The van der Waals surface area contributed by atoms with Crippen molar-refractivity contribution in [3.63, 3.8) is 0 Å². The van der Waals surface area contributed by atoms with Crippen LogP contribution in [0.25, 0.3) is 5.70 Å². The Morgan fingerprint density at radius 1 is 0.897 bits per heavy atom. The van der Waals surface area contributed by atoms with Crippen LogP contribution in [0.15, 0.2) is 54.6 Å². The zero-order valence-corrected chi connectivity index (χ0v) is 16.6. The molecular formula is C24H25NO4. The number of esters is 1. The number of anilines is 1. The molecule has 0 fully saturated rings. The second kappa shape index (κ2) is 9.82. The number of allylic oxidation sites excluding steroid dienone is 1. The molecule has 0 saturated heterocycles. The Morgan fingerprint density at radius 3 is 2.31 bits per heavy atom. The number of hydrogen-bond acceptors (Lipinski definition) is 5. The molecular weight excluding hydrogens is 366 g/mol. The SMILES string of the molecule is CCCCCCCOC(=O)c1ccc(NC2=CC(=O)C(=O)c3ccccc32)cc1. The van der Waals surface area contributed by atoms with Gasteiger partial charge in [-0.15, -0.1) is 0 Å². The van der Waals surface area contributed by atoms with Crippen LogP contribution in [0.2, 0.25) is 0 Å². The van der Waals surface area contributed by atoms with Gasteiger partial charge in [0.1, 0.15) is 0 Å². The fourth-order valence-corrected chi connectivity index (χ4v) is 3.23. The van der Waals surface area contributed by atoms with Gasteiger partial charge in [0.2, 0.25) is 11.6 Å². The first kappa shape index (κ1) is 20.5. The number of rotatable bonds is 9. The van der Waals surface area contributed by atoms with Gasteiger partial charge in [-0.05, 0) is 30.7 Å². The average molecular weight is 391 g/mol. The Hall–Kier alpha value is -3.21. The quantitative estimate of drug-likeness (QED) is 0.369. The Morgan fingerprint density at radius 2 is 1.59 bits per heavy atom. The van der Waals surface area contributed by atoms with Crippen molar-refractivity contribution in [1.82, 2.24) is 0 Å². The smallest absolute Gasteiger partial charge is 0.338 e. The lowest BCUT2D eigenvalue weighted by Crippen LogP contribution is -2.20. The molecule has 2 aromatic rings. The highest BCUT2D eigenvalue weighted by Crippen LogP contribution is 2.26. The second-order valence-electron chi connectivity index (χ2n) is 7.05. The molecule has 1 N–H and O–H groups in total. The van der Waals surface area contributed by atoms with E-state index in [0.29, 0.717) is 34.7 Å². The number of Topliss-reactive ketones (excluding diaryl/α,β-unsaturated/α-hetero) is 1. The molecule has 2 aromatic carbocycles. The highest BCUT2D eigenvalue weighted by molar-refractivity contribution is 6.50. The maximum atomic E-state index is 12.1. The maximum absolute atomic E-state index is 12.1. The van der Waals surface area contributed by atoms with Crippen molar-refractivity contribution in [3.05, 3.63) is 71.3 Å². The molecule has 29 heavy (non-hydrogen) atoms. The van der Waals surface area contributed by atoms with Crippen LogP contribution in [0.4, 0.5) is 5.69 Å². The molecule has 150 valence electrons. The molecule has 0 aliphatic heterocycles. The summed E-state index contributed by atoms with van der Waals surface area (Å²) in [6.45, 7) is 2.60. The number of carbonyl (C=O) groups is 3. The number of carbonyl (C=O) groups excluding carboxylic acids is 3. The van der Waals surface area contributed by atoms with Crippen LogP contribution in [0.3, 0.4) is 0 Å². The fraction of sp³-hybridized carbons (Fsp3) is 0.292. The molecule has 3 rings (SSSR count). The zero-order chi connectivity index (χ0) is 20.6. The molecule has 0 heterocycles. The van der Waals surface area contributed by atoms with Crippen LogP contribution in [0.5, 0.6) is 0 Å². The van der Waals surface area contributed by atoms with Crippen LogP contribution >= 0.6 is 0 Å². The third-order valence-corrected chi connectivity index (χ3v) is 4.84. The molecule has 0 bridgehead atoms. The number of nitrogens with one attached hydrogen (secondary N) is 1. The number of ketones is 2. The van der Waals surface area contributed by atoms with Crippen molar-refractivity contribution in [2.75, 3.05) is 11.9 Å². The number of unbranched alkanes of at least 4 members (excludes halogenated alkanes) is 4. The van der Waals surface area contributed by atoms with Gasteiger partial charge in [0, 0.05) is 22.9 Å². The van der Waals surface area contributed by atoms with Crippen LogP contribution in [-0.2, 0) is 9.53 Å². The van der Waals surface area contributed by atoms with Gasteiger partial charge < -0.3 is 10.1 Å². The van der Waals surface area contributed by atoms with Crippen LogP contribution in [-0.4, -0.2) is 24.1 Å². The van der Waals surface area contributed by atoms with Gasteiger partial charge in [0.05, 0.1) is 17.9 Å². The van der Waals surface area contributed by atoms with E-state index in [0.717, 1.165) is 12.8 Å². The minimum atomic E-state index is -0.551. The first-order chi connectivity index (χ1) is 14.1. The molecule has 1 aliphatic rings. The van der Waals surface area contributed by atoms with E-state index in [1.165, 1.54) is 25.3 Å². The summed E-state index contributed by atoms with van der Waals surface area (Å²) in [6, 6.07) is 13.9. The van der Waals surface area contributed by atoms with Gasteiger partial charge >= 0.3 is 5.97 Å². The first-order valence-corrected chi connectivity index (χ1v) is 10.0. The van der Waals surface area contributed by atoms with E-state index in [1.807, 2.05) is 6.07 Å². The minimum absolute atomic E-state index is 0.338. The van der Waals surface area contributed by atoms with Crippen molar-refractivity contribution in [2.45, 2.75) is 39.0 Å². The number of hydrogen-bond donors (Lipinski definition) is 1. The lowest BCUT2D eigenvalue weighted by molar-refractivity contribution is -0.111. The summed E-state index contributed by atoms with van der Waals surface area (Å²) in [5, 5.41) is 3.16. The zero-order valence-electron chi connectivity index (χ0n) is 16.6. The van der Waals surface area contributed by atoms with Crippen molar-refractivity contribution in [3.8, 4) is 0 Å². The summed E-state index contributed by atoms with van der Waals surface area (Å²) in [6.07, 6.45) is 6.83. The van der Waals surface area contributed by atoms with E-state index < -0.39 is 11.6 Å². The van der Waals surface area contributed by atoms with Crippen molar-refractivity contribution in [1.29, 1.82) is 0 Å². The molecule has 5 nitrogen and oxygen atoms in total. The van der Waals surface area contributed by atoms with E-state index >= 15 is 0 Å². The Labute approximate surface area is 170 Å². The molecule has 0 amide bonds. The molecule has 0 radical (unpaired) electrons. The third-order valence-electron chi connectivity index (χ3n) is 4.84. The summed E-state index contributed by atoms with van der Waals surface area (Å²) in [5.41, 5.74) is 2.83. The number of benzene rings is 2. The van der Waals surface area contributed by atoms with E-state index in [9.17, 15) is 14.4 Å². The number of ether oxygens (including phenoxy) is 1. The van der Waals surface area contributed by atoms with E-state index in [2.05, 4.69) is 12.2 Å². The maximum Gasteiger partial charge on any atom is 0.338 e. The molecule has 0 aromatic heterocycles. The van der Waals surface area contributed by atoms with Crippen molar-refractivity contribution >= 4 is 28.9 Å². The van der Waals surface area contributed by atoms with E-state index in [4.69, 9.17) is 4.74 Å². The lowest BCUT2D eigenvalue weighted by atomic mass is 9.92. The van der Waals surface area contributed by atoms with E-state index in [-0.39, 0.29) is 5.97 Å². The summed E-state index contributed by atoms with van der Waals surface area (Å²) in [7, 11) is 0. The highest BCUT2D eigenvalue weighted by Gasteiger charge is 2.25. The van der Waals surface area contributed by atoms with Gasteiger partial charge in [-0.1, -0.05) is 56.9 Å². The topological polar surface area (TPSA) is 72.5 Å². The Bertz CT molecular complexity index is 928. The fourth-order valence-electron chi connectivity index (χ4n) is 3.23. The summed E-state index contributed by atoms with van der Waals surface area (Å²) >= 11 is 0. The molecule has 0 atom stereocenters. The highest BCUT2D eigenvalue weighted by atomic mass is 16.5. The van der Waals surface area contributed by atoms with Gasteiger partial charge in [0.15, 0.2) is 0 Å². The predicted molar refractivity (Wildman–Crippen MR) is 113 cm³/mol. The summed E-state index contributed by atoms with van der Waals surface area (Å²) in [4.78, 5) is 36.1. The molecule has 1 aliphatic carbocycles. The van der Waals surface area contributed by atoms with Crippen molar-refractivity contribution < 1.29 is 19.1 Å². The van der Waals surface area contributed by atoms with Gasteiger partial charge in [0.25, 0.3) is 0 Å². The van der Waals surface area contributed by atoms with Gasteiger partial charge in [-0.2, -0.15) is 0 Å². The normalized spacial score (nSPS) is 12.9. The average Bonchev–Trinajstić information content (AvgIpc) is 2.74. The van der Waals surface area contributed by atoms with Crippen LogP contribution in [0, 0.1) is 0 Å². The lowest BCUT2D eigenvalue weighted by Gasteiger charge is -2.18. The molecule has 0 unspecified atom stereocenters. The van der Waals surface area contributed by atoms with E-state index in [1.54, 1.807) is 42.5 Å². The van der Waals surface area contributed by atoms with Crippen molar-refractivity contribution in [2.24, 2.45) is 0 Å². The Balaban J connectivity index is 1.60. The number of fused-ring (bicyclic) bond motifs is 1. The molecule has 0 spiro atoms. The van der Waals surface area contributed by atoms with Gasteiger partial charge in [-0.25, -0.2) is 4.79 Å². The summed E-state index contributed by atoms with van der Waals surface area (Å²) < 4.78 is 5.32. The largest absolute Gasteiger partial charge is 0.462 e. The molecule has 5 heteroatoms. The summed E-state index contributed by atoms with van der Waals surface area (Å²) in [5.74, 6) is -1.39. The standard InChI is InChI=1S/C24H25NO4/c1-2-3-4-5-8-15-29-24(28)17-11-13-18(14-12-17)25-21-16-22(26)23(27)20-10-7-6-9-19(20)21/h6-7,9-14,16,25H,2-5,8,15H2,1H3. The molecule has 0 saturated carbocycles.